The lowest BCUT2D eigenvalue weighted by Crippen LogP contribution is -2.36. The molecule has 0 unspecified atom stereocenters. The molecule has 2 aromatic heterocycles. The van der Waals surface area contributed by atoms with E-state index in [9.17, 15) is 13.2 Å². The van der Waals surface area contributed by atoms with E-state index in [2.05, 4.69) is 4.98 Å². The van der Waals surface area contributed by atoms with E-state index < -0.39 is 15.3 Å². The highest BCUT2D eigenvalue weighted by Gasteiger charge is 2.37. The predicted molar refractivity (Wildman–Crippen MR) is 132 cm³/mol. The van der Waals surface area contributed by atoms with Crippen molar-refractivity contribution in [3.63, 3.8) is 0 Å². The van der Waals surface area contributed by atoms with Gasteiger partial charge in [0.2, 0.25) is 10.0 Å². The molecule has 0 N–H and O–H groups in total. The predicted octanol–water partition coefficient (Wildman–Crippen LogP) is 5.10. The first-order valence-corrected chi connectivity index (χ1v) is 12.6. The van der Waals surface area contributed by atoms with Crippen molar-refractivity contribution in [3.05, 3.63) is 94.9 Å². The highest BCUT2D eigenvalue weighted by atomic mass is 32.2. The number of anilines is 2. The number of sulfonamides is 1. The van der Waals surface area contributed by atoms with Crippen LogP contribution in [0, 0.1) is 6.92 Å². The average Bonchev–Trinajstić information content (AvgIpc) is 3.36. The fourth-order valence-corrected chi connectivity index (χ4v) is 6.65. The van der Waals surface area contributed by atoms with Gasteiger partial charge in [-0.15, -0.1) is 0 Å². The topological polar surface area (TPSA) is 72.3 Å². The molecule has 4 aromatic rings. The average molecular weight is 460 g/mol. The molecular weight excluding hydrogens is 434 g/mol. The largest absolute Gasteiger partial charge is 0.295 e. The smallest absolute Gasteiger partial charge is 0.243 e. The maximum absolute atomic E-state index is 14.0. The Balaban J connectivity index is 1.89. The summed E-state index contributed by atoms with van der Waals surface area (Å²) in [6.45, 7) is 1.86. The van der Waals surface area contributed by atoms with Crippen LogP contribution in [0.5, 0.6) is 0 Å². The number of benzene rings is 2. The van der Waals surface area contributed by atoms with Crippen molar-refractivity contribution in [3.8, 4) is 5.69 Å². The standard InChI is InChI=1S/C26H25N3O3S/c1-19-16-24-23(18-27-19)25(30)17-26(28(24)20-10-4-2-5-11-20)29(21-12-6-3-7-13-21)33(31,32)22-14-8-9-15-22/h2-7,10-13,16-18,22H,8-9,14-15H2,1H3. The zero-order valence-electron chi connectivity index (χ0n) is 18.4. The van der Waals surface area contributed by atoms with Crippen LogP contribution in [0.3, 0.4) is 0 Å². The van der Waals surface area contributed by atoms with Crippen LogP contribution in [0.1, 0.15) is 31.4 Å². The van der Waals surface area contributed by atoms with Gasteiger partial charge in [-0.2, -0.15) is 0 Å². The summed E-state index contributed by atoms with van der Waals surface area (Å²) < 4.78 is 31.3. The van der Waals surface area contributed by atoms with Gasteiger partial charge in [0.05, 0.1) is 21.8 Å². The molecule has 0 aliphatic heterocycles. The number of aromatic nitrogens is 2. The second kappa shape index (κ2) is 8.48. The molecule has 0 radical (unpaired) electrons. The van der Waals surface area contributed by atoms with E-state index in [1.54, 1.807) is 18.3 Å². The Morgan fingerprint density at radius 1 is 0.939 bits per heavy atom. The Labute approximate surface area is 193 Å². The molecule has 5 rings (SSSR count). The van der Waals surface area contributed by atoms with E-state index in [1.807, 2.05) is 66.1 Å². The Hall–Kier alpha value is -3.45. The van der Waals surface area contributed by atoms with Crippen LogP contribution >= 0.6 is 0 Å². The van der Waals surface area contributed by atoms with Crippen LogP contribution in [-0.4, -0.2) is 23.2 Å². The molecule has 0 bridgehead atoms. The van der Waals surface area contributed by atoms with Crippen LogP contribution in [-0.2, 0) is 10.0 Å². The number of hydrogen-bond donors (Lipinski definition) is 0. The van der Waals surface area contributed by atoms with Crippen LogP contribution in [0.25, 0.3) is 16.6 Å². The van der Waals surface area contributed by atoms with E-state index in [0.717, 1.165) is 24.2 Å². The van der Waals surface area contributed by atoms with Crippen molar-refractivity contribution in [2.24, 2.45) is 0 Å². The third kappa shape index (κ3) is 3.82. The van der Waals surface area contributed by atoms with Gasteiger partial charge < -0.3 is 0 Å². The molecule has 0 spiro atoms. The number of nitrogens with zero attached hydrogens (tertiary/aromatic N) is 3. The number of aryl methyl sites for hydroxylation is 1. The minimum absolute atomic E-state index is 0.262. The van der Waals surface area contributed by atoms with Gasteiger partial charge in [-0.05, 0) is 50.1 Å². The van der Waals surface area contributed by atoms with E-state index in [4.69, 9.17) is 0 Å². The van der Waals surface area contributed by atoms with Gasteiger partial charge in [-0.3, -0.25) is 14.3 Å². The zero-order valence-corrected chi connectivity index (χ0v) is 19.2. The van der Waals surface area contributed by atoms with E-state index in [1.165, 1.54) is 10.4 Å². The summed E-state index contributed by atoms with van der Waals surface area (Å²) in [5.41, 5.74) is 2.39. The number of hydrogen-bond acceptors (Lipinski definition) is 4. The lowest BCUT2D eigenvalue weighted by atomic mass is 10.2. The minimum atomic E-state index is -3.77. The van der Waals surface area contributed by atoms with Crippen LogP contribution in [0.4, 0.5) is 11.5 Å². The van der Waals surface area contributed by atoms with Crippen molar-refractivity contribution in [1.29, 1.82) is 0 Å². The first-order valence-electron chi connectivity index (χ1n) is 11.1. The Kier molecular flexibility index (Phi) is 5.50. The maximum atomic E-state index is 14.0. The highest BCUT2D eigenvalue weighted by molar-refractivity contribution is 7.93. The molecule has 0 amide bonds. The monoisotopic (exact) mass is 459 g/mol. The molecule has 1 aliphatic carbocycles. The van der Waals surface area contributed by atoms with Gasteiger partial charge in [0.25, 0.3) is 0 Å². The second-order valence-corrected chi connectivity index (χ2v) is 10.5. The van der Waals surface area contributed by atoms with Gasteiger partial charge in [0, 0.05) is 23.6 Å². The Morgan fingerprint density at radius 3 is 2.24 bits per heavy atom. The molecule has 1 aliphatic rings. The third-order valence-electron chi connectivity index (χ3n) is 6.21. The quantitative estimate of drug-likeness (QED) is 0.416. The Morgan fingerprint density at radius 2 is 1.58 bits per heavy atom. The van der Waals surface area contributed by atoms with Gasteiger partial charge in [0.15, 0.2) is 5.43 Å². The van der Waals surface area contributed by atoms with E-state index >= 15 is 0 Å². The van der Waals surface area contributed by atoms with Crippen molar-refractivity contribution in [2.45, 2.75) is 37.9 Å². The molecule has 0 atom stereocenters. The van der Waals surface area contributed by atoms with Crippen LogP contribution < -0.4 is 9.73 Å². The molecular formula is C26H25N3O3S. The summed E-state index contributed by atoms with van der Waals surface area (Å²) in [4.78, 5) is 17.5. The maximum Gasteiger partial charge on any atom is 0.243 e. The molecule has 2 heterocycles. The van der Waals surface area contributed by atoms with Gasteiger partial charge >= 0.3 is 0 Å². The van der Waals surface area contributed by atoms with E-state index in [-0.39, 0.29) is 5.43 Å². The highest BCUT2D eigenvalue weighted by Crippen LogP contribution is 2.37. The first kappa shape index (κ1) is 21.4. The van der Waals surface area contributed by atoms with Crippen LogP contribution in [0.15, 0.2) is 83.8 Å². The van der Waals surface area contributed by atoms with Gasteiger partial charge in [-0.25, -0.2) is 12.7 Å². The Bertz CT molecular complexity index is 1460. The number of pyridine rings is 2. The van der Waals surface area contributed by atoms with Crippen molar-refractivity contribution in [2.75, 3.05) is 4.31 Å². The SMILES string of the molecule is Cc1cc2c(cn1)c(=O)cc(N(c1ccccc1)S(=O)(=O)C1CCCC1)n2-c1ccccc1. The fraction of sp³-hybridized carbons (Fsp3) is 0.231. The molecule has 168 valence electrons. The molecule has 1 saturated carbocycles. The van der Waals surface area contributed by atoms with Gasteiger partial charge in [0.1, 0.15) is 5.82 Å². The van der Waals surface area contributed by atoms with E-state index in [0.29, 0.717) is 35.2 Å². The molecule has 0 saturated heterocycles. The number of para-hydroxylation sites is 2. The summed E-state index contributed by atoms with van der Waals surface area (Å²) >= 11 is 0. The lowest BCUT2D eigenvalue weighted by Gasteiger charge is -2.30. The molecule has 33 heavy (non-hydrogen) atoms. The molecule has 2 aromatic carbocycles. The number of rotatable bonds is 5. The molecule has 6 nitrogen and oxygen atoms in total. The summed E-state index contributed by atoms with van der Waals surface area (Å²) in [5, 5.41) is -0.0358. The van der Waals surface area contributed by atoms with Crippen molar-refractivity contribution >= 4 is 32.4 Å². The van der Waals surface area contributed by atoms with Gasteiger partial charge in [-0.1, -0.05) is 49.2 Å². The zero-order chi connectivity index (χ0) is 23.0. The third-order valence-corrected chi connectivity index (χ3v) is 8.43. The number of fused-ring (bicyclic) bond motifs is 1. The summed E-state index contributed by atoms with van der Waals surface area (Å²) in [7, 11) is -3.77. The summed E-state index contributed by atoms with van der Waals surface area (Å²) in [5.74, 6) is 0.308. The van der Waals surface area contributed by atoms with Crippen molar-refractivity contribution < 1.29 is 8.42 Å². The van der Waals surface area contributed by atoms with Crippen LogP contribution in [0.2, 0.25) is 0 Å². The second-order valence-electron chi connectivity index (χ2n) is 8.43. The minimum Gasteiger partial charge on any atom is -0.295 e. The summed E-state index contributed by atoms with van der Waals surface area (Å²) in [6, 6.07) is 21.8. The molecule has 7 heteroatoms. The lowest BCUT2D eigenvalue weighted by molar-refractivity contribution is 0.579. The fourth-order valence-electron chi connectivity index (χ4n) is 4.61. The first-order chi connectivity index (χ1) is 16.0. The molecule has 1 fully saturated rings. The van der Waals surface area contributed by atoms with Crippen molar-refractivity contribution in [1.82, 2.24) is 9.55 Å². The normalized spacial score (nSPS) is 14.6. The summed E-state index contributed by atoms with van der Waals surface area (Å²) in [6.07, 6.45) is 4.59.